The second kappa shape index (κ2) is 9.58. The van der Waals surface area contributed by atoms with Crippen LogP contribution in [0.5, 0.6) is 0 Å². The van der Waals surface area contributed by atoms with Crippen molar-refractivity contribution >= 4 is 42.1 Å². The number of hydrogen-bond donors (Lipinski definition) is 2. The Morgan fingerprint density at radius 3 is 2.86 bits per heavy atom. The fourth-order valence-electron chi connectivity index (χ4n) is 2.16. The number of carbonyl (C=O) groups excluding carboxylic acids is 1. The molecule has 0 spiro atoms. The molecule has 1 unspecified atom stereocenters. The summed E-state index contributed by atoms with van der Waals surface area (Å²) in [6.45, 7) is 7.32. The van der Waals surface area contributed by atoms with Crippen LogP contribution in [0, 0.1) is 6.92 Å². The summed E-state index contributed by atoms with van der Waals surface area (Å²) in [7, 11) is 0. The van der Waals surface area contributed by atoms with E-state index < -0.39 is 0 Å². The number of amides is 1. The van der Waals surface area contributed by atoms with E-state index in [4.69, 9.17) is 4.74 Å². The van der Waals surface area contributed by atoms with Crippen molar-refractivity contribution in [3.63, 3.8) is 0 Å². The number of hydrogen-bond acceptors (Lipinski definition) is 5. The van der Waals surface area contributed by atoms with Gasteiger partial charge in [-0.2, -0.15) is 0 Å². The fourth-order valence-corrected chi connectivity index (χ4v) is 3.09. The summed E-state index contributed by atoms with van der Waals surface area (Å²) in [5.74, 6) is -0.00750. The number of nitrogens with zero attached hydrogens (tertiary/aromatic N) is 1. The maximum Gasteiger partial charge on any atom is 0.240 e. The molecular weight excluding hydrogens is 333 g/mol. The van der Waals surface area contributed by atoms with E-state index in [-0.39, 0.29) is 48.9 Å². The maximum absolute atomic E-state index is 12.3. The number of carbonyl (C=O) groups is 1. The zero-order valence-electron chi connectivity index (χ0n) is 12.4. The van der Waals surface area contributed by atoms with Crippen LogP contribution in [0.3, 0.4) is 0 Å². The molecule has 0 aliphatic carbocycles. The van der Waals surface area contributed by atoms with E-state index in [0.29, 0.717) is 6.61 Å². The van der Waals surface area contributed by atoms with Crippen LogP contribution in [-0.4, -0.2) is 36.2 Å². The predicted octanol–water partition coefficient (Wildman–Crippen LogP) is 2.24. The topological polar surface area (TPSA) is 63.2 Å². The number of ether oxygens (including phenoxy) is 1. The van der Waals surface area contributed by atoms with Crippen LogP contribution < -0.4 is 10.6 Å². The molecule has 122 valence electrons. The van der Waals surface area contributed by atoms with Gasteiger partial charge in [0, 0.05) is 17.6 Å². The minimum absolute atomic E-state index is 0. The average Bonchev–Trinajstić information content (AvgIpc) is 2.82. The Bertz CT molecular complexity index is 445. The highest BCUT2D eigenvalue weighted by Gasteiger charge is 2.30. The van der Waals surface area contributed by atoms with E-state index in [1.165, 1.54) is 0 Å². The summed E-state index contributed by atoms with van der Waals surface area (Å²) in [5, 5.41) is 9.24. The number of nitrogens with one attached hydrogen (secondary N) is 2. The van der Waals surface area contributed by atoms with E-state index in [2.05, 4.69) is 22.5 Å². The first-order valence-electron chi connectivity index (χ1n) is 6.69. The molecule has 1 aliphatic rings. The molecule has 1 amide bonds. The van der Waals surface area contributed by atoms with Crippen molar-refractivity contribution in [2.75, 3.05) is 13.2 Å². The van der Waals surface area contributed by atoms with Gasteiger partial charge in [-0.1, -0.05) is 6.92 Å². The van der Waals surface area contributed by atoms with Crippen molar-refractivity contribution in [2.45, 2.75) is 45.4 Å². The van der Waals surface area contributed by atoms with Gasteiger partial charge in [-0.3, -0.25) is 4.79 Å². The minimum Gasteiger partial charge on any atom is -0.375 e. The molecule has 1 aliphatic heterocycles. The minimum atomic E-state index is -0.274. The van der Waals surface area contributed by atoms with Crippen LogP contribution >= 0.6 is 36.2 Å². The Balaban J connectivity index is 0.00000200. The third-order valence-electron chi connectivity index (χ3n) is 3.26. The van der Waals surface area contributed by atoms with Crippen LogP contribution in [0.4, 0.5) is 0 Å². The van der Waals surface area contributed by atoms with Crippen LogP contribution in [0.1, 0.15) is 37.0 Å². The van der Waals surface area contributed by atoms with Gasteiger partial charge in [0.05, 0.1) is 18.8 Å². The molecular formula is C13H23Cl2N3O2S. The SMILES string of the molecule is CCC(NC(=O)[C@H]1NCCO[C@@H]1C)c1nc(C)cs1.Cl.Cl. The maximum atomic E-state index is 12.3. The standard InChI is InChI=1S/C13H21N3O2S.2ClH/c1-4-10(13-15-8(2)7-19-13)16-12(17)11-9(3)18-6-5-14-11;;/h7,9-11,14H,4-6H2,1-3H3,(H,16,17);2*1H/t9-,10?,11+;;/m1../s1. The summed E-state index contributed by atoms with van der Waals surface area (Å²) in [6.07, 6.45) is 0.741. The van der Waals surface area contributed by atoms with E-state index in [1.54, 1.807) is 11.3 Å². The van der Waals surface area contributed by atoms with Gasteiger partial charge >= 0.3 is 0 Å². The van der Waals surface area contributed by atoms with Crippen molar-refractivity contribution in [2.24, 2.45) is 0 Å². The fraction of sp³-hybridized carbons (Fsp3) is 0.692. The van der Waals surface area contributed by atoms with Crippen LogP contribution in [0.25, 0.3) is 0 Å². The summed E-state index contributed by atoms with van der Waals surface area (Å²) in [5.41, 5.74) is 1.00. The van der Waals surface area contributed by atoms with Gasteiger partial charge in [-0.05, 0) is 20.3 Å². The number of rotatable bonds is 4. The Labute approximate surface area is 142 Å². The molecule has 1 aromatic heterocycles. The monoisotopic (exact) mass is 355 g/mol. The molecule has 3 atom stereocenters. The molecule has 21 heavy (non-hydrogen) atoms. The average molecular weight is 356 g/mol. The second-order valence-corrected chi connectivity index (χ2v) is 5.69. The van der Waals surface area contributed by atoms with E-state index in [9.17, 15) is 4.79 Å². The van der Waals surface area contributed by atoms with Crippen LogP contribution in [0.2, 0.25) is 0 Å². The first-order valence-corrected chi connectivity index (χ1v) is 7.57. The van der Waals surface area contributed by atoms with Crippen molar-refractivity contribution < 1.29 is 9.53 Å². The smallest absolute Gasteiger partial charge is 0.240 e. The summed E-state index contributed by atoms with van der Waals surface area (Å²) in [4.78, 5) is 16.7. The lowest BCUT2D eigenvalue weighted by Crippen LogP contribution is -2.55. The number of aryl methyl sites for hydroxylation is 1. The summed E-state index contributed by atoms with van der Waals surface area (Å²) in [6, 6.07) is -0.286. The molecule has 0 aromatic carbocycles. The Morgan fingerprint density at radius 2 is 2.33 bits per heavy atom. The normalized spacial score (nSPS) is 22.6. The Hall–Kier alpha value is -0.400. The third kappa shape index (κ3) is 5.38. The predicted molar refractivity (Wildman–Crippen MR) is 89.7 cm³/mol. The van der Waals surface area contributed by atoms with Gasteiger partial charge in [-0.15, -0.1) is 36.2 Å². The molecule has 2 N–H and O–H groups in total. The zero-order valence-corrected chi connectivity index (χ0v) is 14.9. The lowest BCUT2D eigenvalue weighted by molar-refractivity contribution is -0.129. The Kier molecular flexibility index (Phi) is 9.40. The molecule has 1 fully saturated rings. The lowest BCUT2D eigenvalue weighted by atomic mass is 10.1. The number of morpholine rings is 1. The lowest BCUT2D eigenvalue weighted by Gasteiger charge is -2.30. The Morgan fingerprint density at radius 1 is 1.62 bits per heavy atom. The zero-order chi connectivity index (χ0) is 13.8. The number of thiazole rings is 1. The van der Waals surface area contributed by atoms with E-state index >= 15 is 0 Å². The van der Waals surface area contributed by atoms with Crippen molar-refractivity contribution in [1.82, 2.24) is 15.6 Å². The van der Waals surface area contributed by atoms with E-state index in [1.807, 2.05) is 19.2 Å². The first kappa shape index (κ1) is 20.6. The van der Waals surface area contributed by atoms with Gasteiger partial charge in [0.1, 0.15) is 11.0 Å². The van der Waals surface area contributed by atoms with Crippen molar-refractivity contribution in [3.8, 4) is 0 Å². The second-order valence-electron chi connectivity index (χ2n) is 4.80. The number of aromatic nitrogens is 1. The largest absolute Gasteiger partial charge is 0.375 e. The highest BCUT2D eigenvalue weighted by Crippen LogP contribution is 2.21. The number of halogens is 2. The van der Waals surface area contributed by atoms with Crippen molar-refractivity contribution in [3.05, 3.63) is 16.1 Å². The molecule has 5 nitrogen and oxygen atoms in total. The molecule has 0 radical (unpaired) electrons. The molecule has 1 saturated heterocycles. The van der Waals surface area contributed by atoms with Gasteiger partial charge in [-0.25, -0.2) is 4.98 Å². The van der Waals surface area contributed by atoms with Crippen molar-refractivity contribution in [1.29, 1.82) is 0 Å². The third-order valence-corrected chi connectivity index (χ3v) is 4.33. The molecule has 0 saturated carbocycles. The summed E-state index contributed by atoms with van der Waals surface area (Å²) < 4.78 is 5.50. The molecule has 2 rings (SSSR count). The van der Waals surface area contributed by atoms with Gasteiger partial charge in [0.25, 0.3) is 0 Å². The molecule has 8 heteroatoms. The van der Waals surface area contributed by atoms with Crippen LogP contribution in [-0.2, 0) is 9.53 Å². The van der Waals surface area contributed by atoms with Crippen LogP contribution in [0.15, 0.2) is 5.38 Å². The highest BCUT2D eigenvalue weighted by molar-refractivity contribution is 7.09. The van der Waals surface area contributed by atoms with Gasteiger partial charge in [0.2, 0.25) is 5.91 Å². The summed E-state index contributed by atoms with van der Waals surface area (Å²) >= 11 is 1.59. The first-order chi connectivity index (χ1) is 9.11. The van der Waals surface area contributed by atoms with Gasteiger partial charge in [0.15, 0.2) is 0 Å². The highest BCUT2D eigenvalue weighted by atomic mass is 35.5. The van der Waals surface area contributed by atoms with E-state index in [0.717, 1.165) is 23.7 Å². The van der Waals surface area contributed by atoms with Gasteiger partial charge < -0.3 is 15.4 Å². The quantitative estimate of drug-likeness (QED) is 0.869. The molecule has 1 aromatic rings. The molecule has 2 heterocycles. The molecule has 0 bridgehead atoms.